The normalized spacial score (nSPS) is 16.3. The third-order valence-electron chi connectivity index (χ3n) is 4.13. The molecule has 118 valence electrons. The summed E-state index contributed by atoms with van der Waals surface area (Å²) in [5.74, 6) is 0.793. The molecular formula is C16H25NO3S. The monoisotopic (exact) mass is 311 g/mol. The third-order valence-corrected chi connectivity index (χ3v) is 6.17. The molecule has 0 radical (unpaired) electrons. The Labute approximate surface area is 128 Å². The first-order valence-corrected chi connectivity index (χ1v) is 9.15. The minimum absolute atomic E-state index is 0.421. The second-order valence-corrected chi connectivity index (χ2v) is 7.53. The average Bonchev–Trinajstić information content (AvgIpc) is 2.98. The molecule has 1 aromatic carbocycles. The van der Waals surface area contributed by atoms with Gasteiger partial charge in [0.15, 0.2) is 0 Å². The van der Waals surface area contributed by atoms with E-state index in [1.165, 1.54) is 0 Å². The molecule has 0 bridgehead atoms. The first-order chi connectivity index (χ1) is 9.98. The van der Waals surface area contributed by atoms with E-state index in [1.54, 1.807) is 16.4 Å². The number of benzene rings is 1. The van der Waals surface area contributed by atoms with Gasteiger partial charge in [-0.05, 0) is 56.4 Å². The molecule has 1 saturated heterocycles. The molecule has 1 aliphatic heterocycles. The van der Waals surface area contributed by atoms with Crippen molar-refractivity contribution in [2.45, 2.75) is 51.3 Å². The molecule has 21 heavy (non-hydrogen) atoms. The molecule has 1 aliphatic rings. The van der Waals surface area contributed by atoms with Crippen molar-refractivity contribution in [1.82, 2.24) is 4.31 Å². The second kappa shape index (κ2) is 6.79. The van der Waals surface area contributed by atoms with E-state index >= 15 is 0 Å². The summed E-state index contributed by atoms with van der Waals surface area (Å²) < 4.78 is 32.7. The van der Waals surface area contributed by atoms with Crippen LogP contribution < -0.4 is 4.74 Å². The highest BCUT2D eigenvalue weighted by Gasteiger charge is 2.29. The van der Waals surface area contributed by atoms with Crippen molar-refractivity contribution >= 4 is 10.0 Å². The minimum atomic E-state index is -3.36. The highest BCUT2D eigenvalue weighted by atomic mass is 32.2. The molecule has 0 atom stereocenters. The summed E-state index contributed by atoms with van der Waals surface area (Å²) in [6.07, 6.45) is 4.00. The zero-order chi connectivity index (χ0) is 15.5. The fourth-order valence-electron chi connectivity index (χ4n) is 2.60. The van der Waals surface area contributed by atoms with Gasteiger partial charge in [0, 0.05) is 13.1 Å². The Morgan fingerprint density at radius 1 is 1.14 bits per heavy atom. The van der Waals surface area contributed by atoms with Gasteiger partial charge in [0.25, 0.3) is 0 Å². The van der Waals surface area contributed by atoms with Crippen LogP contribution in [0.15, 0.2) is 17.0 Å². The number of sulfonamides is 1. The van der Waals surface area contributed by atoms with E-state index in [4.69, 9.17) is 4.74 Å². The highest BCUT2D eigenvalue weighted by Crippen LogP contribution is 2.30. The second-order valence-electron chi connectivity index (χ2n) is 5.63. The number of nitrogens with zero attached hydrogens (tertiary/aromatic N) is 1. The predicted octanol–water partition coefficient (Wildman–Crippen LogP) is 3.27. The first kappa shape index (κ1) is 16.3. The largest absolute Gasteiger partial charge is 0.493 e. The van der Waals surface area contributed by atoms with Crippen LogP contribution in [0.1, 0.15) is 43.7 Å². The Balaban J connectivity index is 2.27. The van der Waals surface area contributed by atoms with Crippen LogP contribution >= 0.6 is 0 Å². The number of unbranched alkanes of at least 4 members (excludes halogenated alkanes) is 1. The van der Waals surface area contributed by atoms with Crippen molar-refractivity contribution in [2.75, 3.05) is 19.7 Å². The average molecular weight is 311 g/mol. The summed E-state index contributed by atoms with van der Waals surface area (Å²) in [7, 11) is -3.36. The summed E-state index contributed by atoms with van der Waals surface area (Å²) in [6.45, 7) is 7.86. The molecule has 0 amide bonds. The lowest BCUT2D eigenvalue weighted by atomic mass is 10.1. The maximum atomic E-state index is 12.7. The van der Waals surface area contributed by atoms with Gasteiger partial charge >= 0.3 is 0 Å². The lowest BCUT2D eigenvalue weighted by Gasteiger charge is -2.19. The van der Waals surface area contributed by atoms with E-state index in [2.05, 4.69) is 6.92 Å². The Morgan fingerprint density at radius 2 is 1.81 bits per heavy atom. The predicted molar refractivity (Wildman–Crippen MR) is 84.3 cm³/mol. The van der Waals surface area contributed by atoms with Crippen molar-refractivity contribution in [3.05, 3.63) is 23.3 Å². The van der Waals surface area contributed by atoms with Gasteiger partial charge in [-0.2, -0.15) is 4.31 Å². The van der Waals surface area contributed by atoms with Crippen LogP contribution in [0, 0.1) is 13.8 Å². The van der Waals surface area contributed by atoms with Gasteiger partial charge in [0.1, 0.15) is 5.75 Å². The zero-order valence-corrected chi connectivity index (χ0v) is 14.0. The van der Waals surface area contributed by atoms with Gasteiger partial charge in [-0.3, -0.25) is 0 Å². The smallest absolute Gasteiger partial charge is 0.243 e. The van der Waals surface area contributed by atoms with E-state index in [-0.39, 0.29) is 0 Å². The molecule has 0 spiro atoms. The lowest BCUT2D eigenvalue weighted by molar-refractivity contribution is 0.307. The third kappa shape index (κ3) is 3.40. The summed E-state index contributed by atoms with van der Waals surface area (Å²) in [5.41, 5.74) is 1.72. The first-order valence-electron chi connectivity index (χ1n) is 7.71. The number of hydrogen-bond acceptors (Lipinski definition) is 3. The van der Waals surface area contributed by atoms with Crippen LogP contribution in [0.5, 0.6) is 5.75 Å². The molecule has 5 heteroatoms. The van der Waals surface area contributed by atoms with Gasteiger partial charge in [-0.25, -0.2) is 8.42 Å². The maximum absolute atomic E-state index is 12.7. The molecule has 0 aromatic heterocycles. The standard InChI is InChI=1S/C16H25NO3S/c1-4-5-12-20-15-8-9-16(14(3)13(15)2)21(18,19)17-10-6-7-11-17/h8-9H,4-7,10-12H2,1-3H3. The van der Waals surface area contributed by atoms with E-state index in [1.807, 2.05) is 13.8 Å². The molecule has 4 nitrogen and oxygen atoms in total. The molecular weight excluding hydrogens is 286 g/mol. The van der Waals surface area contributed by atoms with Gasteiger partial charge in [0.05, 0.1) is 11.5 Å². The van der Waals surface area contributed by atoms with Crippen molar-refractivity contribution in [3.63, 3.8) is 0 Å². The van der Waals surface area contributed by atoms with Crippen molar-refractivity contribution < 1.29 is 13.2 Å². The van der Waals surface area contributed by atoms with E-state index in [0.717, 1.165) is 42.6 Å². The number of rotatable bonds is 6. The van der Waals surface area contributed by atoms with Crippen LogP contribution in [-0.4, -0.2) is 32.4 Å². The van der Waals surface area contributed by atoms with E-state index in [0.29, 0.717) is 24.6 Å². The van der Waals surface area contributed by atoms with Gasteiger partial charge in [-0.15, -0.1) is 0 Å². The Hall–Kier alpha value is -1.07. The number of hydrogen-bond donors (Lipinski definition) is 0. The van der Waals surface area contributed by atoms with Crippen molar-refractivity contribution in [2.24, 2.45) is 0 Å². The van der Waals surface area contributed by atoms with Crippen molar-refractivity contribution in [3.8, 4) is 5.75 Å². The van der Waals surface area contributed by atoms with E-state index < -0.39 is 10.0 Å². The molecule has 0 saturated carbocycles. The summed E-state index contributed by atoms with van der Waals surface area (Å²) in [5, 5.41) is 0. The fraction of sp³-hybridized carbons (Fsp3) is 0.625. The fourth-order valence-corrected chi connectivity index (χ4v) is 4.40. The van der Waals surface area contributed by atoms with Gasteiger partial charge in [0.2, 0.25) is 10.0 Å². The van der Waals surface area contributed by atoms with Crippen LogP contribution in [0.25, 0.3) is 0 Å². The van der Waals surface area contributed by atoms with Crippen LogP contribution in [0.2, 0.25) is 0 Å². The highest BCUT2D eigenvalue weighted by molar-refractivity contribution is 7.89. The van der Waals surface area contributed by atoms with Gasteiger partial charge < -0.3 is 4.74 Å². The lowest BCUT2D eigenvalue weighted by Crippen LogP contribution is -2.28. The summed E-state index contributed by atoms with van der Waals surface area (Å²) in [4.78, 5) is 0.421. The van der Waals surface area contributed by atoms with Gasteiger partial charge in [-0.1, -0.05) is 13.3 Å². The molecule has 0 N–H and O–H groups in total. The topological polar surface area (TPSA) is 46.6 Å². The molecule has 0 unspecified atom stereocenters. The maximum Gasteiger partial charge on any atom is 0.243 e. The quantitative estimate of drug-likeness (QED) is 0.758. The van der Waals surface area contributed by atoms with Crippen LogP contribution in [0.3, 0.4) is 0 Å². The van der Waals surface area contributed by atoms with E-state index in [9.17, 15) is 8.42 Å². The minimum Gasteiger partial charge on any atom is -0.493 e. The van der Waals surface area contributed by atoms with Crippen LogP contribution in [0.4, 0.5) is 0 Å². The molecule has 1 aromatic rings. The summed E-state index contributed by atoms with van der Waals surface area (Å²) in [6, 6.07) is 3.48. The molecule has 1 heterocycles. The zero-order valence-electron chi connectivity index (χ0n) is 13.2. The molecule has 0 aliphatic carbocycles. The Kier molecular flexibility index (Phi) is 5.27. The molecule has 2 rings (SSSR count). The summed E-state index contributed by atoms with van der Waals surface area (Å²) >= 11 is 0. The molecule has 1 fully saturated rings. The Bertz CT molecular complexity index is 590. The van der Waals surface area contributed by atoms with Crippen LogP contribution in [-0.2, 0) is 10.0 Å². The number of ether oxygens (including phenoxy) is 1. The van der Waals surface area contributed by atoms with Crippen molar-refractivity contribution in [1.29, 1.82) is 0 Å². The SMILES string of the molecule is CCCCOc1ccc(S(=O)(=O)N2CCCC2)c(C)c1C. The Morgan fingerprint density at radius 3 is 2.43 bits per heavy atom.